The standard InChI is InChI=1S/C11H14N2OS/c1-8(2)11(14)13(3)9(7-12)10-5-4-6-15-10/h4-6,8-9H,1-3H3. The first-order valence-corrected chi connectivity index (χ1v) is 5.65. The summed E-state index contributed by atoms with van der Waals surface area (Å²) in [6.07, 6.45) is 0. The van der Waals surface area contributed by atoms with Gasteiger partial charge in [-0.25, -0.2) is 0 Å². The van der Waals surface area contributed by atoms with Crippen molar-refractivity contribution >= 4 is 17.2 Å². The summed E-state index contributed by atoms with van der Waals surface area (Å²) < 4.78 is 0. The van der Waals surface area contributed by atoms with Crippen molar-refractivity contribution in [2.45, 2.75) is 19.9 Å². The number of hydrogen-bond donors (Lipinski definition) is 0. The second-order valence-electron chi connectivity index (χ2n) is 3.65. The number of nitriles is 1. The van der Waals surface area contributed by atoms with Crippen molar-refractivity contribution in [1.82, 2.24) is 4.90 Å². The Morgan fingerprint density at radius 3 is 2.67 bits per heavy atom. The van der Waals surface area contributed by atoms with Crippen LogP contribution in [0.2, 0.25) is 0 Å². The van der Waals surface area contributed by atoms with Crippen LogP contribution in [0.1, 0.15) is 24.8 Å². The largest absolute Gasteiger partial charge is 0.325 e. The van der Waals surface area contributed by atoms with Crippen LogP contribution in [-0.2, 0) is 4.79 Å². The normalized spacial score (nSPS) is 12.2. The van der Waals surface area contributed by atoms with Crippen LogP contribution in [0, 0.1) is 17.2 Å². The van der Waals surface area contributed by atoms with E-state index < -0.39 is 6.04 Å². The third kappa shape index (κ3) is 2.57. The quantitative estimate of drug-likeness (QED) is 0.788. The summed E-state index contributed by atoms with van der Waals surface area (Å²) in [7, 11) is 1.68. The molecule has 1 amide bonds. The summed E-state index contributed by atoms with van der Waals surface area (Å²) in [6, 6.07) is 5.46. The molecule has 0 N–H and O–H groups in total. The molecule has 0 aliphatic carbocycles. The minimum Gasteiger partial charge on any atom is -0.325 e. The number of carbonyl (C=O) groups is 1. The van der Waals surface area contributed by atoms with E-state index >= 15 is 0 Å². The average molecular weight is 222 g/mol. The maximum Gasteiger partial charge on any atom is 0.226 e. The van der Waals surface area contributed by atoms with Crippen LogP contribution in [0.5, 0.6) is 0 Å². The van der Waals surface area contributed by atoms with Crippen molar-refractivity contribution in [1.29, 1.82) is 5.26 Å². The van der Waals surface area contributed by atoms with E-state index in [4.69, 9.17) is 5.26 Å². The summed E-state index contributed by atoms with van der Waals surface area (Å²) in [5.74, 6) is -0.0826. The van der Waals surface area contributed by atoms with Gasteiger partial charge in [0.1, 0.15) is 0 Å². The van der Waals surface area contributed by atoms with Crippen LogP contribution < -0.4 is 0 Å². The molecule has 4 heteroatoms. The van der Waals surface area contributed by atoms with Gasteiger partial charge in [-0.15, -0.1) is 11.3 Å². The van der Waals surface area contributed by atoms with Gasteiger partial charge >= 0.3 is 0 Å². The highest BCUT2D eigenvalue weighted by molar-refractivity contribution is 7.10. The predicted octanol–water partition coefficient (Wildman–Crippen LogP) is 2.43. The van der Waals surface area contributed by atoms with Crippen molar-refractivity contribution < 1.29 is 4.79 Å². The Kier molecular flexibility index (Phi) is 3.87. The smallest absolute Gasteiger partial charge is 0.226 e. The van der Waals surface area contributed by atoms with Crippen molar-refractivity contribution in [2.24, 2.45) is 5.92 Å². The third-order valence-corrected chi connectivity index (χ3v) is 3.09. The zero-order valence-electron chi connectivity index (χ0n) is 9.10. The summed E-state index contributed by atoms with van der Waals surface area (Å²) in [4.78, 5) is 14.1. The molecule has 15 heavy (non-hydrogen) atoms. The highest BCUT2D eigenvalue weighted by Gasteiger charge is 2.23. The van der Waals surface area contributed by atoms with E-state index in [0.29, 0.717) is 0 Å². The fraction of sp³-hybridized carbons (Fsp3) is 0.455. The lowest BCUT2D eigenvalue weighted by Gasteiger charge is -2.23. The predicted molar refractivity (Wildman–Crippen MR) is 60.3 cm³/mol. The van der Waals surface area contributed by atoms with Gasteiger partial charge in [-0.05, 0) is 11.4 Å². The Morgan fingerprint density at radius 1 is 1.60 bits per heavy atom. The molecular formula is C11H14N2OS. The average Bonchev–Trinajstić information content (AvgIpc) is 2.70. The highest BCUT2D eigenvalue weighted by atomic mass is 32.1. The lowest BCUT2D eigenvalue weighted by atomic mass is 10.1. The molecule has 0 spiro atoms. The first-order chi connectivity index (χ1) is 7.07. The molecule has 3 nitrogen and oxygen atoms in total. The zero-order chi connectivity index (χ0) is 11.4. The molecule has 1 aromatic heterocycles. The fourth-order valence-electron chi connectivity index (χ4n) is 1.32. The number of carbonyl (C=O) groups excluding carboxylic acids is 1. The van der Waals surface area contributed by atoms with Crippen molar-refractivity contribution in [3.8, 4) is 6.07 Å². The van der Waals surface area contributed by atoms with Crippen LogP contribution in [0.25, 0.3) is 0 Å². The second kappa shape index (κ2) is 4.94. The minimum absolute atomic E-state index is 0.00468. The van der Waals surface area contributed by atoms with Crippen molar-refractivity contribution in [3.63, 3.8) is 0 Å². The Bertz CT molecular complexity index is 364. The van der Waals surface area contributed by atoms with Crippen LogP contribution in [0.3, 0.4) is 0 Å². The Labute approximate surface area is 93.9 Å². The van der Waals surface area contributed by atoms with Gasteiger partial charge in [0, 0.05) is 17.8 Å². The van der Waals surface area contributed by atoms with E-state index in [-0.39, 0.29) is 11.8 Å². The maximum absolute atomic E-state index is 11.7. The molecule has 1 unspecified atom stereocenters. The van der Waals surface area contributed by atoms with E-state index in [1.807, 2.05) is 31.4 Å². The topological polar surface area (TPSA) is 44.1 Å². The van der Waals surface area contributed by atoms with E-state index in [9.17, 15) is 4.79 Å². The molecule has 0 aliphatic heterocycles. The Hall–Kier alpha value is -1.34. The number of thiophene rings is 1. The van der Waals surface area contributed by atoms with Crippen molar-refractivity contribution in [3.05, 3.63) is 22.4 Å². The summed E-state index contributed by atoms with van der Waals surface area (Å²) in [5.41, 5.74) is 0. The SMILES string of the molecule is CC(C)C(=O)N(C)C(C#N)c1cccs1. The number of hydrogen-bond acceptors (Lipinski definition) is 3. The van der Waals surface area contributed by atoms with Gasteiger partial charge in [-0.2, -0.15) is 5.26 Å². The second-order valence-corrected chi connectivity index (χ2v) is 4.63. The molecule has 0 fully saturated rings. The van der Waals surface area contributed by atoms with Gasteiger partial charge in [-0.1, -0.05) is 19.9 Å². The molecule has 1 heterocycles. The van der Waals surface area contributed by atoms with Gasteiger partial charge in [0.25, 0.3) is 0 Å². The molecule has 1 atom stereocenters. The number of rotatable bonds is 3. The van der Waals surface area contributed by atoms with Gasteiger partial charge < -0.3 is 4.90 Å². The van der Waals surface area contributed by atoms with E-state index in [1.54, 1.807) is 7.05 Å². The van der Waals surface area contributed by atoms with Crippen LogP contribution in [-0.4, -0.2) is 17.9 Å². The number of nitrogens with zero attached hydrogens (tertiary/aromatic N) is 2. The molecule has 0 saturated carbocycles. The minimum atomic E-state index is -0.458. The molecule has 1 aromatic rings. The summed E-state index contributed by atoms with van der Waals surface area (Å²) >= 11 is 1.50. The number of amides is 1. The van der Waals surface area contributed by atoms with E-state index in [0.717, 1.165) is 4.88 Å². The van der Waals surface area contributed by atoms with E-state index in [1.165, 1.54) is 16.2 Å². The molecule has 0 bridgehead atoms. The first-order valence-electron chi connectivity index (χ1n) is 4.77. The Balaban J connectivity index is 2.86. The van der Waals surface area contributed by atoms with Crippen molar-refractivity contribution in [2.75, 3.05) is 7.05 Å². The van der Waals surface area contributed by atoms with Crippen LogP contribution in [0.15, 0.2) is 17.5 Å². The monoisotopic (exact) mass is 222 g/mol. The van der Waals surface area contributed by atoms with Crippen LogP contribution >= 0.6 is 11.3 Å². The molecule has 0 saturated heterocycles. The summed E-state index contributed by atoms with van der Waals surface area (Å²) in [5, 5.41) is 11.0. The van der Waals surface area contributed by atoms with Crippen LogP contribution in [0.4, 0.5) is 0 Å². The maximum atomic E-state index is 11.7. The van der Waals surface area contributed by atoms with Gasteiger partial charge in [0.05, 0.1) is 6.07 Å². The zero-order valence-corrected chi connectivity index (χ0v) is 9.91. The molecule has 0 aromatic carbocycles. The fourth-order valence-corrected chi connectivity index (χ4v) is 2.13. The van der Waals surface area contributed by atoms with E-state index in [2.05, 4.69) is 6.07 Å². The molecular weight excluding hydrogens is 208 g/mol. The lowest BCUT2D eigenvalue weighted by molar-refractivity contribution is -0.134. The van der Waals surface area contributed by atoms with Gasteiger partial charge in [0.15, 0.2) is 6.04 Å². The van der Waals surface area contributed by atoms with Gasteiger partial charge in [-0.3, -0.25) is 4.79 Å². The molecule has 0 radical (unpaired) electrons. The summed E-state index contributed by atoms with van der Waals surface area (Å²) in [6.45, 7) is 3.67. The lowest BCUT2D eigenvalue weighted by Crippen LogP contribution is -2.33. The van der Waals surface area contributed by atoms with Gasteiger partial charge in [0.2, 0.25) is 5.91 Å². The Morgan fingerprint density at radius 2 is 2.27 bits per heavy atom. The molecule has 1 rings (SSSR count). The first kappa shape index (κ1) is 11.7. The molecule has 0 aliphatic rings. The third-order valence-electron chi connectivity index (χ3n) is 2.16. The highest BCUT2D eigenvalue weighted by Crippen LogP contribution is 2.24. The molecule has 80 valence electrons.